The molecule has 0 saturated carbocycles. The van der Waals surface area contributed by atoms with Crippen LogP contribution in [0, 0.1) is 0 Å². The van der Waals surface area contributed by atoms with Gasteiger partial charge in [-0.05, 0) is 0 Å². The molecule has 39 heavy (non-hydrogen) atoms. The van der Waals surface area contributed by atoms with Gasteiger partial charge in [0.25, 0.3) is 0 Å². The van der Waals surface area contributed by atoms with Crippen molar-refractivity contribution >= 4 is 28.9 Å². The van der Waals surface area contributed by atoms with Crippen molar-refractivity contribution in [2.75, 3.05) is 51.1 Å². The van der Waals surface area contributed by atoms with Crippen LogP contribution in [0.3, 0.4) is 0 Å². The zero-order chi connectivity index (χ0) is 29.4. The van der Waals surface area contributed by atoms with E-state index in [0.29, 0.717) is 24.6 Å². The quantitative estimate of drug-likeness (QED) is 0.143. The summed E-state index contributed by atoms with van der Waals surface area (Å²) in [7, 11) is -4.41. The fourth-order valence-electron chi connectivity index (χ4n) is 4.80. The second-order valence-electron chi connectivity index (χ2n) is 10.2. The SMILES string of the molecule is CCCCP(CCCC)(CCCC)(CCCC)OS(=O)(=O)c1cc(C(=O)OCCO)cc(C(=O)OCCO)c1. The Balaban J connectivity index is 3.78. The summed E-state index contributed by atoms with van der Waals surface area (Å²) in [6.07, 6.45) is 9.95. The Hall–Kier alpha value is -1.58. The van der Waals surface area contributed by atoms with Gasteiger partial charge in [0.05, 0.1) is 0 Å². The molecular weight excluding hydrogens is 543 g/mol. The van der Waals surface area contributed by atoms with Gasteiger partial charge in [-0.25, -0.2) is 0 Å². The van der Waals surface area contributed by atoms with Crippen molar-refractivity contribution in [1.82, 2.24) is 0 Å². The van der Waals surface area contributed by atoms with E-state index in [1.165, 1.54) is 6.07 Å². The number of hydrogen-bond donors (Lipinski definition) is 2. The van der Waals surface area contributed by atoms with Crippen LogP contribution >= 0.6 is 6.83 Å². The Morgan fingerprint density at radius 1 is 0.692 bits per heavy atom. The molecule has 1 rings (SSSR count). The summed E-state index contributed by atoms with van der Waals surface area (Å²) in [6, 6.07) is 3.49. The molecule has 0 aliphatic rings. The molecule has 1 aromatic rings. The number of rotatable bonds is 21. The van der Waals surface area contributed by atoms with Gasteiger partial charge >= 0.3 is 235 Å². The van der Waals surface area contributed by atoms with E-state index in [1.54, 1.807) is 0 Å². The number of unbranched alkanes of at least 4 members (excludes halogenated alkanes) is 4. The normalized spacial score (nSPS) is 13.0. The predicted octanol–water partition coefficient (Wildman–Crippen LogP) is 5.36. The van der Waals surface area contributed by atoms with E-state index in [1.807, 2.05) is 0 Å². The first-order valence-corrected chi connectivity index (χ1v) is 18.5. The van der Waals surface area contributed by atoms with Gasteiger partial charge in [-0.2, -0.15) is 0 Å². The van der Waals surface area contributed by atoms with Gasteiger partial charge in [-0.1, -0.05) is 0 Å². The molecule has 11 heteroatoms. The van der Waals surface area contributed by atoms with Gasteiger partial charge in [0, 0.05) is 0 Å². The summed E-state index contributed by atoms with van der Waals surface area (Å²) in [4.78, 5) is 25.0. The molecular formula is C28H49O9PS. The molecule has 0 fully saturated rings. The van der Waals surface area contributed by atoms with E-state index in [2.05, 4.69) is 27.7 Å². The number of carbonyl (C=O) groups is 2. The second kappa shape index (κ2) is 17.3. The third-order valence-electron chi connectivity index (χ3n) is 6.93. The van der Waals surface area contributed by atoms with Gasteiger partial charge in [0.2, 0.25) is 0 Å². The standard InChI is InChI=1S/C28H49O9PS/c1-5-9-17-38(18-10-6-2,19-11-7-3,20-12-8-4)37-39(33,34)26-22-24(27(31)35-15-13-29)21-25(23-26)28(32)36-16-14-30/h21-23,29-30H,5-20H2,1-4H3. The Morgan fingerprint density at radius 2 is 1.05 bits per heavy atom. The molecule has 2 N–H and O–H groups in total. The zero-order valence-corrected chi connectivity index (χ0v) is 25.9. The molecule has 0 heterocycles. The van der Waals surface area contributed by atoms with Crippen LogP contribution < -0.4 is 0 Å². The summed E-state index contributed by atoms with van der Waals surface area (Å²) in [5, 5.41) is 18.1. The van der Waals surface area contributed by atoms with E-state index in [4.69, 9.17) is 23.7 Å². The number of aliphatic hydroxyl groups is 2. The third kappa shape index (κ3) is 10.7. The van der Waals surface area contributed by atoms with E-state index in [0.717, 1.165) is 63.5 Å². The Labute approximate surface area is 234 Å². The van der Waals surface area contributed by atoms with Crippen LogP contribution in [0.5, 0.6) is 0 Å². The zero-order valence-electron chi connectivity index (χ0n) is 24.2. The number of hydrogen-bond acceptors (Lipinski definition) is 9. The summed E-state index contributed by atoms with van der Waals surface area (Å²) < 4.78 is 44.7. The number of benzene rings is 1. The fourth-order valence-corrected chi connectivity index (χ4v) is 14.9. The number of esters is 2. The second-order valence-corrected chi connectivity index (χ2v) is 17.6. The van der Waals surface area contributed by atoms with Gasteiger partial charge in [-0.15, -0.1) is 0 Å². The monoisotopic (exact) mass is 592 g/mol. The summed E-state index contributed by atoms with van der Waals surface area (Å²) in [6.45, 7) is 3.70. The van der Waals surface area contributed by atoms with Crippen molar-refractivity contribution in [2.24, 2.45) is 0 Å². The maximum absolute atomic E-state index is 14.1. The molecule has 0 aliphatic heterocycles. The van der Waals surface area contributed by atoms with Crippen molar-refractivity contribution in [2.45, 2.75) is 84.0 Å². The van der Waals surface area contributed by atoms with Crippen LogP contribution in [0.4, 0.5) is 0 Å². The molecule has 9 nitrogen and oxygen atoms in total. The first kappa shape index (κ1) is 35.4. The number of carbonyl (C=O) groups excluding carboxylic acids is 2. The number of aliphatic hydroxyl groups excluding tert-OH is 2. The molecule has 1 aromatic carbocycles. The molecule has 0 atom stereocenters. The molecule has 0 saturated heterocycles. The van der Waals surface area contributed by atoms with Gasteiger partial charge in [0.1, 0.15) is 0 Å². The molecule has 0 aliphatic carbocycles. The summed E-state index contributed by atoms with van der Waals surface area (Å²) in [5.41, 5.74) is -0.345. The minimum absolute atomic E-state index is 0.173. The van der Waals surface area contributed by atoms with E-state index in [-0.39, 0.29) is 29.2 Å². The first-order chi connectivity index (χ1) is 18.6. The van der Waals surface area contributed by atoms with E-state index < -0.39 is 42.1 Å². The van der Waals surface area contributed by atoms with E-state index >= 15 is 0 Å². The van der Waals surface area contributed by atoms with Crippen molar-refractivity contribution in [3.05, 3.63) is 29.3 Å². The molecule has 0 radical (unpaired) electrons. The Kier molecular flexibility index (Phi) is 15.7. The van der Waals surface area contributed by atoms with Crippen LogP contribution in [-0.4, -0.2) is 81.6 Å². The first-order valence-electron chi connectivity index (χ1n) is 14.2. The predicted molar refractivity (Wildman–Crippen MR) is 155 cm³/mol. The van der Waals surface area contributed by atoms with Crippen LogP contribution in [0.2, 0.25) is 0 Å². The molecule has 0 unspecified atom stereocenters. The van der Waals surface area contributed by atoms with Crippen molar-refractivity contribution < 1.29 is 41.7 Å². The maximum atomic E-state index is 14.1. The topological polar surface area (TPSA) is 136 Å². The van der Waals surface area contributed by atoms with Crippen molar-refractivity contribution in [1.29, 1.82) is 0 Å². The average Bonchev–Trinajstić information content (AvgIpc) is 2.94. The molecule has 226 valence electrons. The van der Waals surface area contributed by atoms with E-state index in [9.17, 15) is 18.0 Å². The van der Waals surface area contributed by atoms with Crippen molar-refractivity contribution in [3.63, 3.8) is 0 Å². The van der Waals surface area contributed by atoms with Crippen LogP contribution in [0.25, 0.3) is 0 Å². The number of ether oxygens (including phenoxy) is 2. The molecule has 0 spiro atoms. The van der Waals surface area contributed by atoms with Crippen LogP contribution in [0.15, 0.2) is 23.1 Å². The summed E-state index contributed by atoms with van der Waals surface area (Å²) in [5.74, 6) is -1.77. The minimum atomic E-state index is -4.41. The van der Waals surface area contributed by atoms with Gasteiger partial charge < -0.3 is 0 Å². The molecule has 0 bridgehead atoms. The van der Waals surface area contributed by atoms with Crippen molar-refractivity contribution in [3.8, 4) is 0 Å². The van der Waals surface area contributed by atoms with Gasteiger partial charge in [0.15, 0.2) is 0 Å². The Morgan fingerprint density at radius 3 is 1.36 bits per heavy atom. The molecule has 0 amide bonds. The van der Waals surface area contributed by atoms with Crippen LogP contribution in [0.1, 0.15) is 99.8 Å². The molecule has 0 aromatic heterocycles. The van der Waals surface area contributed by atoms with Crippen LogP contribution in [-0.2, 0) is 23.6 Å². The fraction of sp³-hybridized carbons (Fsp3) is 0.714. The average molecular weight is 593 g/mol. The summed E-state index contributed by atoms with van der Waals surface area (Å²) >= 11 is 0. The Bertz CT molecular complexity index is 929. The third-order valence-corrected chi connectivity index (χ3v) is 16.0. The van der Waals surface area contributed by atoms with Gasteiger partial charge in [-0.3, -0.25) is 0 Å².